The summed E-state index contributed by atoms with van der Waals surface area (Å²) in [7, 11) is 0. The zero-order chi connectivity index (χ0) is 20.4. The molecule has 1 N–H and O–H groups in total. The first-order valence-electron chi connectivity index (χ1n) is 10.6. The molecular weight excluding hydrogens is 374 g/mol. The fraction of sp³-hybridized carbons (Fsp3) is 0.591. The summed E-state index contributed by atoms with van der Waals surface area (Å²) in [5.74, 6) is -0.528. The molecule has 1 aromatic carbocycles. The Morgan fingerprint density at radius 2 is 1.90 bits per heavy atom. The van der Waals surface area contributed by atoms with Crippen molar-refractivity contribution in [2.45, 2.75) is 45.1 Å². The Morgan fingerprint density at radius 1 is 1.17 bits per heavy atom. The highest BCUT2D eigenvalue weighted by molar-refractivity contribution is 5.89. The van der Waals surface area contributed by atoms with Crippen LogP contribution in [0.3, 0.4) is 0 Å². The molecule has 1 aromatic heterocycles. The van der Waals surface area contributed by atoms with Crippen LogP contribution in [0, 0.1) is 17.6 Å². The van der Waals surface area contributed by atoms with Crippen molar-refractivity contribution in [1.82, 2.24) is 15.4 Å². The van der Waals surface area contributed by atoms with E-state index in [9.17, 15) is 8.78 Å². The summed E-state index contributed by atoms with van der Waals surface area (Å²) in [6, 6.07) is 3.10. The summed E-state index contributed by atoms with van der Waals surface area (Å²) in [5, 5.41) is 7.63. The van der Waals surface area contributed by atoms with Crippen molar-refractivity contribution in [2.24, 2.45) is 5.92 Å². The summed E-state index contributed by atoms with van der Waals surface area (Å²) in [5.41, 5.74) is 1.35. The van der Waals surface area contributed by atoms with Gasteiger partial charge in [0.2, 0.25) is 0 Å². The molecule has 158 valence electrons. The molecule has 2 fully saturated rings. The summed E-state index contributed by atoms with van der Waals surface area (Å²) < 4.78 is 33.0. The minimum Gasteiger partial charge on any atom is -0.386 e. The predicted molar refractivity (Wildman–Crippen MR) is 111 cm³/mol. The van der Waals surface area contributed by atoms with Gasteiger partial charge in [-0.2, -0.15) is 0 Å². The smallest absolute Gasteiger partial charge is 0.183 e. The van der Waals surface area contributed by atoms with Crippen LogP contribution in [-0.2, 0) is 0 Å². The molecule has 0 atom stereocenters. The highest BCUT2D eigenvalue weighted by Crippen LogP contribution is 2.31. The maximum atomic E-state index is 14.2. The number of rotatable bonds is 6. The van der Waals surface area contributed by atoms with Crippen LogP contribution in [0.1, 0.15) is 39.0 Å². The predicted octanol–water partition coefficient (Wildman–Crippen LogP) is 4.30. The molecule has 2 aliphatic rings. The third kappa shape index (κ3) is 4.55. The molecule has 0 unspecified atom stereocenters. The number of allylic oxidation sites excluding steroid dienone is 1. The van der Waals surface area contributed by atoms with Crippen LogP contribution >= 0.6 is 0 Å². The van der Waals surface area contributed by atoms with E-state index >= 15 is 0 Å². The van der Waals surface area contributed by atoms with Crippen molar-refractivity contribution in [3.8, 4) is 0 Å². The highest BCUT2D eigenvalue weighted by Gasteiger charge is 2.26. The Labute approximate surface area is 170 Å². The fourth-order valence-electron chi connectivity index (χ4n) is 4.66. The van der Waals surface area contributed by atoms with Crippen LogP contribution in [0.25, 0.3) is 11.0 Å². The van der Waals surface area contributed by atoms with Gasteiger partial charge in [0.05, 0.1) is 0 Å². The van der Waals surface area contributed by atoms with Gasteiger partial charge in [-0.15, -0.1) is 0 Å². The molecule has 2 aromatic rings. The lowest BCUT2D eigenvalue weighted by Crippen LogP contribution is -2.47. The lowest BCUT2D eigenvalue weighted by Gasteiger charge is -2.36. The number of benzene rings is 1. The average molecular weight is 405 g/mol. The van der Waals surface area contributed by atoms with Gasteiger partial charge in [-0.05, 0) is 63.6 Å². The van der Waals surface area contributed by atoms with Crippen molar-refractivity contribution in [2.75, 3.05) is 37.6 Å². The van der Waals surface area contributed by atoms with E-state index in [1.54, 1.807) is 0 Å². The number of anilines is 1. The van der Waals surface area contributed by atoms with E-state index in [0.717, 1.165) is 50.4 Å². The number of piperazine rings is 1. The molecule has 4 rings (SSSR count). The molecule has 1 aliphatic carbocycles. The molecule has 0 radical (unpaired) electrons. The molecule has 1 saturated heterocycles. The van der Waals surface area contributed by atoms with E-state index in [4.69, 9.17) is 4.52 Å². The van der Waals surface area contributed by atoms with Crippen molar-refractivity contribution in [3.05, 3.63) is 36.0 Å². The molecule has 0 amide bonds. The monoisotopic (exact) mass is 404 g/mol. The van der Waals surface area contributed by atoms with Gasteiger partial charge >= 0.3 is 0 Å². The Balaban J connectivity index is 1.26. The SMILES string of the molecule is C=C(C)N[C@H]1CC[C@H](CCN2CCN(c3noc4ccc(F)c(F)c34)CC2)CC1. The van der Waals surface area contributed by atoms with Crippen molar-refractivity contribution in [3.63, 3.8) is 0 Å². The average Bonchev–Trinajstić information content (AvgIpc) is 3.15. The van der Waals surface area contributed by atoms with Gasteiger partial charge in [-0.25, -0.2) is 8.78 Å². The van der Waals surface area contributed by atoms with Crippen LogP contribution in [-0.4, -0.2) is 48.8 Å². The third-order valence-corrected chi connectivity index (χ3v) is 6.33. The molecule has 29 heavy (non-hydrogen) atoms. The first kappa shape index (κ1) is 20.1. The minimum atomic E-state index is -0.877. The fourth-order valence-corrected chi connectivity index (χ4v) is 4.66. The van der Waals surface area contributed by atoms with Crippen LogP contribution in [0.4, 0.5) is 14.6 Å². The number of hydrogen-bond acceptors (Lipinski definition) is 5. The molecule has 7 heteroatoms. The molecule has 2 heterocycles. The summed E-state index contributed by atoms with van der Waals surface area (Å²) in [6.07, 6.45) is 6.24. The topological polar surface area (TPSA) is 44.5 Å². The number of hydrogen-bond donors (Lipinski definition) is 1. The minimum absolute atomic E-state index is 0.151. The first-order valence-corrected chi connectivity index (χ1v) is 10.6. The number of nitrogens with one attached hydrogen (secondary N) is 1. The van der Waals surface area contributed by atoms with Gasteiger partial charge < -0.3 is 14.7 Å². The molecule has 1 aliphatic heterocycles. The van der Waals surface area contributed by atoms with E-state index in [0.29, 0.717) is 11.9 Å². The highest BCUT2D eigenvalue weighted by atomic mass is 19.2. The Hall–Kier alpha value is -2.15. The zero-order valence-corrected chi connectivity index (χ0v) is 17.1. The number of halogens is 2. The Bertz CT molecular complexity index is 852. The van der Waals surface area contributed by atoms with Gasteiger partial charge in [-0.3, -0.25) is 4.90 Å². The van der Waals surface area contributed by atoms with E-state index < -0.39 is 11.6 Å². The summed E-state index contributed by atoms with van der Waals surface area (Å²) in [6.45, 7) is 10.4. The van der Waals surface area contributed by atoms with Crippen molar-refractivity contribution in [1.29, 1.82) is 0 Å². The maximum absolute atomic E-state index is 14.2. The normalized spacial score (nSPS) is 23.5. The Kier molecular flexibility index (Phi) is 6.04. The van der Waals surface area contributed by atoms with E-state index in [2.05, 4.69) is 22.0 Å². The van der Waals surface area contributed by atoms with Crippen molar-refractivity contribution < 1.29 is 13.3 Å². The number of aromatic nitrogens is 1. The second-order valence-electron chi connectivity index (χ2n) is 8.50. The Morgan fingerprint density at radius 3 is 2.59 bits per heavy atom. The molecule has 1 saturated carbocycles. The quantitative estimate of drug-likeness (QED) is 0.778. The van der Waals surface area contributed by atoms with Gasteiger partial charge in [0.15, 0.2) is 23.0 Å². The number of fused-ring (bicyclic) bond motifs is 1. The van der Waals surface area contributed by atoms with Crippen LogP contribution in [0.2, 0.25) is 0 Å². The van der Waals surface area contributed by atoms with Crippen molar-refractivity contribution >= 4 is 16.8 Å². The first-order chi connectivity index (χ1) is 14.0. The third-order valence-electron chi connectivity index (χ3n) is 6.33. The molecular formula is C22H30F2N4O. The van der Waals surface area contributed by atoms with Gasteiger partial charge in [0.1, 0.15) is 5.39 Å². The van der Waals surface area contributed by atoms with Crippen LogP contribution in [0.15, 0.2) is 28.9 Å². The number of nitrogens with zero attached hydrogens (tertiary/aromatic N) is 3. The van der Waals surface area contributed by atoms with E-state index in [1.807, 2.05) is 11.8 Å². The molecule has 0 bridgehead atoms. The van der Waals surface area contributed by atoms with Gasteiger partial charge in [-0.1, -0.05) is 11.7 Å². The van der Waals surface area contributed by atoms with E-state index in [-0.39, 0.29) is 11.0 Å². The van der Waals surface area contributed by atoms with Crippen LogP contribution < -0.4 is 10.2 Å². The summed E-state index contributed by atoms with van der Waals surface area (Å²) in [4.78, 5) is 4.47. The second-order valence-corrected chi connectivity index (χ2v) is 8.50. The van der Waals surface area contributed by atoms with Crippen LogP contribution in [0.5, 0.6) is 0 Å². The molecule has 5 nitrogen and oxygen atoms in total. The maximum Gasteiger partial charge on any atom is 0.183 e. The largest absolute Gasteiger partial charge is 0.386 e. The lowest BCUT2D eigenvalue weighted by molar-refractivity contribution is 0.212. The standard InChI is InChI=1S/C22H30F2N4O/c1-15(2)25-17-5-3-16(4-6-17)9-10-27-11-13-28(14-12-27)22-20-19(29-26-22)8-7-18(23)21(20)24/h7-8,16-17,25H,1,3-6,9-14H2,2H3/t16-,17-. The second kappa shape index (κ2) is 8.69. The zero-order valence-electron chi connectivity index (χ0n) is 17.1. The lowest BCUT2D eigenvalue weighted by atomic mass is 9.84. The summed E-state index contributed by atoms with van der Waals surface area (Å²) >= 11 is 0. The van der Waals surface area contributed by atoms with Gasteiger partial charge in [0, 0.05) is 37.9 Å². The van der Waals surface area contributed by atoms with Gasteiger partial charge in [0.25, 0.3) is 0 Å². The van der Waals surface area contributed by atoms with E-state index in [1.165, 1.54) is 38.2 Å². The molecule has 0 spiro atoms.